The largest absolute Gasteiger partial charge is 0.478 e. The lowest BCUT2D eigenvalue weighted by atomic mass is 10.1. The molecule has 0 bridgehead atoms. The van der Waals surface area contributed by atoms with Gasteiger partial charge < -0.3 is 9.47 Å². The standard InChI is InChI=1S/C16H20N7O7/c1-27-9-3-7(13-17-15(24)21-19-13)5-11(9)29-23(26)30-12-6-8(4-10(12)28-2)14-18-16(25)22-20-14/h7-12H,3-6H2,1-2H3/q+1/t7-,8-,9+,10+,11-,12-/m0/s1. The molecule has 4 aliphatic rings. The maximum Gasteiger partial charge on any atom is 0.478 e. The zero-order valence-corrected chi connectivity index (χ0v) is 16.3. The number of carbonyl (C=O) groups excluding carboxylic acids is 2. The lowest BCUT2D eigenvalue weighted by molar-refractivity contribution is -0.993. The first-order chi connectivity index (χ1) is 14.5. The van der Waals surface area contributed by atoms with Gasteiger partial charge in [0.05, 0.1) is 0 Å². The number of rotatable bonds is 8. The average molecular weight is 422 g/mol. The highest BCUT2D eigenvalue weighted by Crippen LogP contribution is 2.35. The molecule has 2 aliphatic heterocycles. The summed E-state index contributed by atoms with van der Waals surface area (Å²) in [5.74, 6) is 0.195. The number of azo groups is 2. The Kier molecular flexibility index (Phi) is 5.67. The molecule has 2 heterocycles. The molecule has 0 unspecified atom stereocenters. The van der Waals surface area contributed by atoms with E-state index in [9.17, 15) is 14.5 Å². The Balaban J connectivity index is 1.34. The van der Waals surface area contributed by atoms with Gasteiger partial charge in [-0.15, -0.1) is 10.2 Å². The molecular formula is C16H20N7O7+. The molecule has 0 aromatic heterocycles. The molecule has 30 heavy (non-hydrogen) atoms. The molecule has 14 nitrogen and oxygen atoms in total. The summed E-state index contributed by atoms with van der Waals surface area (Å²) in [5.41, 5.74) is 0. The van der Waals surface area contributed by atoms with Crippen LogP contribution < -0.4 is 0 Å². The molecule has 0 N–H and O–H groups in total. The summed E-state index contributed by atoms with van der Waals surface area (Å²) in [6.45, 7) is 0. The van der Waals surface area contributed by atoms with Crippen LogP contribution in [0.3, 0.4) is 0 Å². The minimum absolute atomic E-state index is 0.0599. The van der Waals surface area contributed by atoms with Crippen molar-refractivity contribution < 1.29 is 33.8 Å². The molecule has 4 rings (SSSR count). The molecular weight excluding hydrogens is 402 g/mol. The van der Waals surface area contributed by atoms with Gasteiger partial charge in [0.1, 0.15) is 17.1 Å². The number of ether oxygens (including phenoxy) is 2. The third-order valence-corrected chi connectivity index (χ3v) is 5.57. The van der Waals surface area contributed by atoms with Gasteiger partial charge in [-0.1, -0.05) is 10.2 Å². The van der Waals surface area contributed by atoms with Crippen LogP contribution in [-0.4, -0.2) is 67.5 Å². The molecule has 0 saturated heterocycles. The van der Waals surface area contributed by atoms with Gasteiger partial charge in [-0.3, -0.25) is 0 Å². The fourth-order valence-electron chi connectivity index (χ4n) is 4.13. The molecule has 4 amide bonds. The summed E-state index contributed by atoms with van der Waals surface area (Å²) in [5, 5.41) is 14.3. The van der Waals surface area contributed by atoms with Gasteiger partial charge in [0.2, 0.25) is 12.2 Å². The Labute approximate surface area is 169 Å². The van der Waals surface area contributed by atoms with E-state index >= 15 is 0 Å². The Morgan fingerprint density at radius 2 is 1.10 bits per heavy atom. The lowest BCUT2D eigenvalue weighted by Crippen LogP contribution is -2.34. The number of urea groups is 2. The molecule has 14 heteroatoms. The molecule has 2 aliphatic carbocycles. The summed E-state index contributed by atoms with van der Waals surface area (Å²) in [6, 6.07) is -1.29. The number of hydrogen-bond donors (Lipinski definition) is 0. The zero-order valence-electron chi connectivity index (χ0n) is 16.3. The number of amides is 4. The number of hydrogen-bond acceptors (Lipinski definition) is 9. The highest BCUT2D eigenvalue weighted by molar-refractivity contribution is 6.00. The minimum atomic E-state index is -0.647. The predicted octanol–water partition coefficient (Wildman–Crippen LogP) is 2.18. The Hall–Kier alpha value is -3.00. The van der Waals surface area contributed by atoms with Crippen molar-refractivity contribution in [2.75, 3.05) is 14.2 Å². The summed E-state index contributed by atoms with van der Waals surface area (Å²) in [6.07, 6.45) is -0.353. The zero-order chi connectivity index (χ0) is 21.3. The summed E-state index contributed by atoms with van der Waals surface area (Å²) in [7, 11) is 3.01. The van der Waals surface area contributed by atoms with Crippen molar-refractivity contribution in [2.45, 2.75) is 50.1 Å². The van der Waals surface area contributed by atoms with E-state index in [1.165, 1.54) is 14.2 Å². The van der Waals surface area contributed by atoms with E-state index in [4.69, 9.17) is 19.1 Å². The van der Waals surface area contributed by atoms with E-state index in [1.807, 2.05) is 0 Å². The second-order valence-electron chi connectivity index (χ2n) is 7.30. The second-order valence-corrected chi connectivity index (χ2v) is 7.30. The molecule has 160 valence electrons. The minimum Gasteiger partial charge on any atom is -0.377 e. The number of amidine groups is 2. The van der Waals surface area contributed by atoms with Crippen molar-refractivity contribution in [1.82, 2.24) is 0 Å². The number of methoxy groups -OCH3 is 2. The average Bonchev–Trinajstić information content (AvgIpc) is 3.48. The number of nitrogens with zero attached hydrogens (tertiary/aromatic N) is 7. The summed E-state index contributed by atoms with van der Waals surface area (Å²) < 4.78 is 10.8. The molecule has 0 radical (unpaired) electrons. The van der Waals surface area contributed by atoms with Crippen molar-refractivity contribution in [1.29, 1.82) is 0 Å². The molecule has 6 atom stereocenters. The third kappa shape index (κ3) is 4.14. The van der Waals surface area contributed by atoms with E-state index in [0.717, 1.165) is 0 Å². The van der Waals surface area contributed by atoms with E-state index in [1.54, 1.807) is 0 Å². The second kappa shape index (κ2) is 8.39. The van der Waals surface area contributed by atoms with Crippen molar-refractivity contribution in [3.05, 3.63) is 4.91 Å². The monoisotopic (exact) mass is 422 g/mol. The molecule has 0 aromatic carbocycles. The fraction of sp³-hybridized carbons (Fsp3) is 0.750. The Morgan fingerprint density at radius 3 is 1.43 bits per heavy atom. The molecule has 2 saturated carbocycles. The topological polar surface area (TPSA) is 165 Å². The maximum atomic E-state index is 12.3. The lowest BCUT2D eigenvalue weighted by Gasteiger charge is -2.14. The van der Waals surface area contributed by atoms with Crippen LogP contribution in [0.25, 0.3) is 0 Å². The Morgan fingerprint density at radius 1 is 0.700 bits per heavy atom. The van der Waals surface area contributed by atoms with Crippen LogP contribution in [0.5, 0.6) is 0 Å². The van der Waals surface area contributed by atoms with Crippen LogP contribution in [-0.2, 0) is 19.1 Å². The third-order valence-electron chi connectivity index (χ3n) is 5.57. The molecule has 2 fully saturated rings. The Bertz CT molecular complexity index is 802. The SMILES string of the molecule is CO[C@@H]1C[C@H](C2=NC(=O)N=N2)C[C@@H]1O[N+](=O)O[C@H]1C[C@@H](C2=NC(=O)N=N2)C[C@H]1OC. The van der Waals surface area contributed by atoms with Crippen LogP contribution in [0.4, 0.5) is 9.59 Å². The van der Waals surface area contributed by atoms with E-state index in [2.05, 4.69) is 30.4 Å². The van der Waals surface area contributed by atoms with Gasteiger partial charge in [0.25, 0.3) is 0 Å². The smallest absolute Gasteiger partial charge is 0.377 e. The normalized spacial score (nSPS) is 35.1. The summed E-state index contributed by atoms with van der Waals surface area (Å²) in [4.78, 5) is 53.0. The molecule has 0 spiro atoms. The highest BCUT2D eigenvalue weighted by atomic mass is 17.0. The van der Waals surface area contributed by atoms with E-state index in [0.29, 0.717) is 37.4 Å². The van der Waals surface area contributed by atoms with Gasteiger partial charge in [-0.2, -0.15) is 19.7 Å². The van der Waals surface area contributed by atoms with Crippen molar-refractivity contribution in [3.8, 4) is 0 Å². The first-order valence-electron chi connectivity index (χ1n) is 9.41. The van der Waals surface area contributed by atoms with Crippen molar-refractivity contribution in [3.63, 3.8) is 0 Å². The van der Waals surface area contributed by atoms with Gasteiger partial charge >= 0.3 is 17.1 Å². The fourth-order valence-corrected chi connectivity index (χ4v) is 4.13. The molecule has 0 aromatic rings. The van der Waals surface area contributed by atoms with Gasteiger partial charge in [-0.05, 0) is 12.8 Å². The summed E-state index contributed by atoms with van der Waals surface area (Å²) >= 11 is 0. The van der Waals surface area contributed by atoms with Crippen LogP contribution in [0.15, 0.2) is 30.4 Å². The van der Waals surface area contributed by atoms with E-state index < -0.39 is 36.5 Å². The van der Waals surface area contributed by atoms with Crippen LogP contribution in [0.2, 0.25) is 0 Å². The van der Waals surface area contributed by atoms with Gasteiger partial charge in [0.15, 0.2) is 11.7 Å². The quantitative estimate of drug-likeness (QED) is 0.540. The predicted molar refractivity (Wildman–Crippen MR) is 95.8 cm³/mol. The first kappa shape index (κ1) is 20.3. The highest BCUT2D eigenvalue weighted by Gasteiger charge is 2.47. The van der Waals surface area contributed by atoms with Gasteiger partial charge in [-0.25, -0.2) is 9.59 Å². The van der Waals surface area contributed by atoms with Crippen LogP contribution in [0.1, 0.15) is 25.7 Å². The number of carbonyl (C=O) groups is 2. The van der Waals surface area contributed by atoms with E-state index in [-0.39, 0.29) is 16.9 Å². The maximum absolute atomic E-state index is 12.3. The van der Waals surface area contributed by atoms with Crippen molar-refractivity contribution in [2.24, 2.45) is 42.3 Å². The number of aliphatic imine (C=N–C) groups is 2. The first-order valence-corrected chi connectivity index (χ1v) is 9.41. The van der Waals surface area contributed by atoms with Crippen LogP contribution >= 0.6 is 0 Å². The van der Waals surface area contributed by atoms with Crippen LogP contribution in [0, 0.1) is 16.7 Å². The van der Waals surface area contributed by atoms with Gasteiger partial charge in [0, 0.05) is 38.9 Å². The van der Waals surface area contributed by atoms with Crippen molar-refractivity contribution >= 4 is 23.7 Å².